The Hall–Kier alpha value is -4.33. The number of carbonyl (C=O) groups is 3. The second-order valence-corrected chi connectivity index (χ2v) is 6.95. The minimum atomic E-state index is -0.663. The Balaban J connectivity index is 1.57. The van der Waals surface area contributed by atoms with E-state index in [0.29, 0.717) is 22.8 Å². The number of methoxy groups -OCH3 is 1. The van der Waals surface area contributed by atoms with E-state index in [1.54, 1.807) is 73.8 Å². The van der Waals surface area contributed by atoms with Gasteiger partial charge in [0.2, 0.25) is 0 Å². The van der Waals surface area contributed by atoms with E-state index in [0.717, 1.165) is 5.56 Å². The highest BCUT2D eigenvalue weighted by Gasteiger charge is 2.19. The lowest BCUT2D eigenvalue weighted by atomic mass is 10.1. The van der Waals surface area contributed by atoms with Crippen LogP contribution in [0.3, 0.4) is 0 Å². The van der Waals surface area contributed by atoms with Gasteiger partial charge in [-0.05, 0) is 48.0 Å². The molecule has 0 saturated carbocycles. The first-order chi connectivity index (χ1) is 16.0. The predicted octanol–water partition coefficient (Wildman–Crippen LogP) is 3.44. The number of furan rings is 1. The van der Waals surface area contributed by atoms with E-state index < -0.39 is 18.5 Å². The zero-order chi connectivity index (χ0) is 23.6. The largest absolute Gasteiger partial charge is 0.497 e. The van der Waals surface area contributed by atoms with Gasteiger partial charge >= 0.3 is 5.97 Å². The summed E-state index contributed by atoms with van der Waals surface area (Å²) in [6.45, 7) is -0.255. The summed E-state index contributed by atoms with van der Waals surface area (Å²) in [5.41, 5.74) is 1.45. The van der Waals surface area contributed by atoms with Gasteiger partial charge in [-0.3, -0.25) is 9.59 Å². The standard InChI is InChI=1S/C25H24N2O6/c1-27(22-11-4-3-10-21(22)25(30)26-16-20-9-6-14-32-20)23(28)17-33-24(29)13-12-18-7-5-8-19(15-18)31-2/h3-15H,16-17H2,1-2H3,(H,26,30)/b13-12+. The van der Waals surface area contributed by atoms with Crippen LogP contribution in [0.15, 0.2) is 77.4 Å². The van der Waals surface area contributed by atoms with Crippen molar-refractivity contribution in [3.63, 3.8) is 0 Å². The van der Waals surface area contributed by atoms with E-state index in [2.05, 4.69) is 5.32 Å². The Morgan fingerprint density at radius 3 is 2.64 bits per heavy atom. The number of rotatable bonds is 9. The second-order valence-electron chi connectivity index (χ2n) is 6.95. The van der Waals surface area contributed by atoms with Crippen LogP contribution in [0.1, 0.15) is 21.7 Å². The molecule has 0 saturated heterocycles. The third-order valence-corrected chi connectivity index (χ3v) is 4.73. The van der Waals surface area contributed by atoms with Gasteiger partial charge in [0.25, 0.3) is 11.8 Å². The summed E-state index contributed by atoms with van der Waals surface area (Å²) in [7, 11) is 3.07. The molecule has 170 valence electrons. The van der Waals surface area contributed by atoms with E-state index in [9.17, 15) is 14.4 Å². The van der Waals surface area contributed by atoms with Crippen LogP contribution < -0.4 is 15.0 Å². The molecule has 1 aromatic heterocycles. The fourth-order valence-electron chi connectivity index (χ4n) is 2.96. The molecule has 33 heavy (non-hydrogen) atoms. The van der Waals surface area contributed by atoms with E-state index in [1.807, 2.05) is 0 Å². The predicted molar refractivity (Wildman–Crippen MR) is 123 cm³/mol. The number of benzene rings is 2. The third-order valence-electron chi connectivity index (χ3n) is 4.73. The van der Waals surface area contributed by atoms with Gasteiger partial charge in [0.05, 0.1) is 31.2 Å². The van der Waals surface area contributed by atoms with Gasteiger partial charge in [0, 0.05) is 13.1 Å². The van der Waals surface area contributed by atoms with Crippen LogP contribution in [0.4, 0.5) is 5.69 Å². The Bertz CT molecular complexity index is 1140. The van der Waals surface area contributed by atoms with Gasteiger partial charge in [-0.15, -0.1) is 0 Å². The lowest BCUT2D eigenvalue weighted by molar-refractivity contribution is -0.142. The molecular weight excluding hydrogens is 424 g/mol. The minimum Gasteiger partial charge on any atom is -0.497 e. The molecule has 0 aliphatic rings. The summed E-state index contributed by atoms with van der Waals surface area (Å²) in [4.78, 5) is 38.5. The zero-order valence-electron chi connectivity index (χ0n) is 18.3. The first-order valence-electron chi connectivity index (χ1n) is 10.1. The quantitative estimate of drug-likeness (QED) is 0.398. The molecule has 8 nitrogen and oxygen atoms in total. The van der Waals surface area contributed by atoms with Crippen LogP contribution in [0.25, 0.3) is 6.08 Å². The van der Waals surface area contributed by atoms with Crippen molar-refractivity contribution >= 4 is 29.5 Å². The normalized spacial score (nSPS) is 10.6. The molecule has 0 atom stereocenters. The Kier molecular flexibility index (Phi) is 8.02. The summed E-state index contributed by atoms with van der Waals surface area (Å²) in [6, 6.07) is 17.3. The summed E-state index contributed by atoms with van der Waals surface area (Å²) in [5.74, 6) is -0.235. The van der Waals surface area contributed by atoms with Crippen LogP contribution in [-0.4, -0.2) is 38.5 Å². The maximum atomic E-state index is 12.6. The molecular formula is C25H24N2O6. The number of esters is 1. The summed E-state index contributed by atoms with van der Waals surface area (Å²) in [5, 5.41) is 2.75. The van der Waals surface area contributed by atoms with Gasteiger partial charge in [-0.25, -0.2) is 4.79 Å². The number of nitrogens with one attached hydrogen (secondary N) is 1. The van der Waals surface area contributed by atoms with Gasteiger partial charge in [0.15, 0.2) is 6.61 Å². The maximum Gasteiger partial charge on any atom is 0.331 e. The summed E-state index contributed by atoms with van der Waals surface area (Å²) >= 11 is 0. The second kappa shape index (κ2) is 11.3. The molecule has 0 aliphatic heterocycles. The number of likely N-dealkylation sites (N-methyl/N-ethyl adjacent to an activating group) is 1. The molecule has 0 fully saturated rings. The van der Waals surface area contributed by atoms with Gasteiger partial charge < -0.3 is 24.1 Å². The summed E-state index contributed by atoms with van der Waals surface area (Å²) in [6.07, 6.45) is 4.32. The SMILES string of the molecule is COc1cccc(/C=C/C(=O)OCC(=O)N(C)c2ccccc2C(=O)NCc2ccco2)c1. The molecule has 8 heteroatoms. The van der Waals surface area contributed by atoms with Crippen molar-refractivity contribution in [2.45, 2.75) is 6.54 Å². The van der Waals surface area contributed by atoms with E-state index >= 15 is 0 Å². The number of amides is 2. The van der Waals surface area contributed by atoms with Crippen molar-refractivity contribution in [2.24, 2.45) is 0 Å². The molecule has 0 unspecified atom stereocenters. The molecule has 0 bridgehead atoms. The van der Waals surface area contributed by atoms with Gasteiger partial charge in [-0.2, -0.15) is 0 Å². The maximum absolute atomic E-state index is 12.6. The molecule has 2 amide bonds. The Labute approximate surface area is 191 Å². The number of ether oxygens (including phenoxy) is 2. The zero-order valence-corrected chi connectivity index (χ0v) is 18.3. The highest BCUT2D eigenvalue weighted by molar-refractivity contribution is 6.05. The average Bonchev–Trinajstić information content (AvgIpc) is 3.38. The average molecular weight is 448 g/mol. The number of carbonyl (C=O) groups excluding carboxylic acids is 3. The fraction of sp³-hybridized carbons (Fsp3) is 0.160. The lowest BCUT2D eigenvalue weighted by Crippen LogP contribution is -2.33. The van der Waals surface area contributed by atoms with Crippen molar-refractivity contribution in [2.75, 3.05) is 25.7 Å². The molecule has 0 radical (unpaired) electrons. The van der Waals surface area contributed by atoms with Crippen molar-refractivity contribution in [3.8, 4) is 5.75 Å². The fourth-order valence-corrected chi connectivity index (χ4v) is 2.96. The van der Waals surface area contributed by atoms with E-state index in [-0.39, 0.29) is 12.5 Å². The van der Waals surface area contributed by atoms with Crippen LogP contribution in [-0.2, 0) is 20.9 Å². The van der Waals surface area contributed by atoms with Crippen molar-refractivity contribution < 1.29 is 28.3 Å². The number of hydrogen-bond donors (Lipinski definition) is 1. The summed E-state index contributed by atoms with van der Waals surface area (Å²) < 4.78 is 15.4. The van der Waals surface area contributed by atoms with Crippen LogP contribution >= 0.6 is 0 Å². The topological polar surface area (TPSA) is 98.1 Å². The molecule has 0 spiro atoms. The molecule has 3 aromatic rings. The molecule has 1 N–H and O–H groups in total. The van der Waals surface area contributed by atoms with Gasteiger partial charge in [0.1, 0.15) is 11.5 Å². The highest BCUT2D eigenvalue weighted by atomic mass is 16.5. The number of anilines is 1. The van der Waals surface area contributed by atoms with Crippen LogP contribution in [0.5, 0.6) is 5.75 Å². The third kappa shape index (κ3) is 6.57. The monoisotopic (exact) mass is 448 g/mol. The Morgan fingerprint density at radius 1 is 1.06 bits per heavy atom. The molecule has 2 aromatic carbocycles. The van der Waals surface area contributed by atoms with Crippen molar-refractivity contribution in [1.29, 1.82) is 0 Å². The van der Waals surface area contributed by atoms with Crippen molar-refractivity contribution in [1.82, 2.24) is 5.32 Å². The van der Waals surface area contributed by atoms with E-state index in [1.165, 1.54) is 24.3 Å². The Morgan fingerprint density at radius 2 is 1.88 bits per heavy atom. The highest BCUT2D eigenvalue weighted by Crippen LogP contribution is 2.20. The minimum absolute atomic E-state index is 0.217. The smallest absolute Gasteiger partial charge is 0.331 e. The molecule has 0 aliphatic carbocycles. The van der Waals surface area contributed by atoms with Gasteiger partial charge in [-0.1, -0.05) is 24.3 Å². The first kappa shape index (κ1) is 23.3. The molecule has 1 heterocycles. The lowest BCUT2D eigenvalue weighted by Gasteiger charge is -2.20. The van der Waals surface area contributed by atoms with Crippen LogP contribution in [0, 0.1) is 0 Å². The van der Waals surface area contributed by atoms with Crippen molar-refractivity contribution in [3.05, 3.63) is 89.9 Å². The number of hydrogen-bond acceptors (Lipinski definition) is 6. The number of nitrogens with zero attached hydrogens (tertiary/aromatic N) is 1. The number of para-hydroxylation sites is 1. The van der Waals surface area contributed by atoms with E-state index in [4.69, 9.17) is 13.9 Å². The van der Waals surface area contributed by atoms with Crippen LogP contribution in [0.2, 0.25) is 0 Å². The molecule has 3 rings (SSSR count). The first-order valence-corrected chi connectivity index (χ1v) is 10.1.